The van der Waals surface area contributed by atoms with E-state index in [1.54, 1.807) is 12.1 Å². The Labute approximate surface area is 285 Å². The van der Waals surface area contributed by atoms with Crippen molar-refractivity contribution in [2.45, 2.75) is 122 Å². The van der Waals surface area contributed by atoms with Crippen molar-refractivity contribution in [3.8, 4) is 5.75 Å². The summed E-state index contributed by atoms with van der Waals surface area (Å²) in [5.74, 6) is -0.0252. The number of allylic oxidation sites excluding steroid dienone is 2. The van der Waals surface area contributed by atoms with Crippen molar-refractivity contribution >= 4 is 19.3 Å². The third-order valence-electron chi connectivity index (χ3n) is 7.92. The maximum Gasteiger partial charge on any atom is 0.402 e. The molecule has 1 unspecified atom stereocenters. The van der Waals surface area contributed by atoms with Gasteiger partial charge in [-0.25, -0.2) is 9.36 Å². The van der Waals surface area contributed by atoms with E-state index in [1.165, 1.54) is 99.6 Å². The standard InChI is InChI=1S/C35H58N5O7P/c1-2-3-4-5-6-7-8-9-10-11-12-13-14-15-16-17-23-38-34(42)32(36)25-29-18-20-30(21-19-29)47-48(44,45)28-46-31(27-41)26-40-24-22-33(37)39-35(40)43/h9-10,18-22,24,31-32,41H,2-8,11-17,23,25-28,36H2,1H3,(H,38,42)(H,44,45)(H2,37,39,43)/b10-9+/t31-,32-/m0/s1. The Balaban J connectivity index is 1.56. The van der Waals surface area contributed by atoms with Crippen LogP contribution in [0.5, 0.6) is 5.75 Å². The van der Waals surface area contributed by atoms with Crippen LogP contribution in [0.3, 0.4) is 0 Å². The summed E-state index contributed by atoms with van der Waals surface area (Å²) in [4.78, 5) is 38.2. The lowest BCUT2D eigenvalue weighted by atomic mass is 10.1. The molecule has 2 aromatic rings. The van der Waals surface area contributed by atoms with Crippen LogP contribution in [0.1, 0.15) is 102 Å². The maximum absolute atomic E-state index is 12.6. The molecule has 0 saturated heterocycles. The van der Waals surface area contributed by atoms with Gasteiger partial charge in [0.2, 0.25) is 5.91 Å². The van der Waals surface area contributed by atoms with Crippen LogP contribution in [0.4, 0.5) is 5.82 Å². The van der Waals surface area contributed by atoms with E-state index < -0.39 is 38.4 Å². The first kappa shape index (κ1) is 41.2. The SMILES string of the molecule is CCCCCCCC/C=C/CCCCCCCCNC(=O)[C@@H](N)Cc1ccc(OP(=O)(O)CO[C@H](CO)Cn2ccc(N)nc2=O)cc1. The Kier molecular flexibility index (Phi) is 20.7. The van der Waals surface area contributed by atoms with Crippen molar-refractivity contribution in [3.05, 3.63) is 64.7 Å². The Morgan fingerprint density at radius 3 is 2.19 bits per heavy atom. The molecule has 0 aliphatic heterocycles. The first-order valence-electron chi connectivity index (χ1n) is 17.5. The van der Waals surface area contributed by atoms with Crippen LogP contribution in [0.15, 0.2) is 53.5 Å². The molecular weight excluding hydrogens is 633 g/mol. The first-order valence-corrected chi connectivity index (χ1v) is 19.2. The minimum atomic E-state index is -4.25. The lowest BCUT2D eigenvalue weighted by Crippen LogP contribution is -2.42. The van der Waals surface area contributed by atoms with Gasteiger partial charge in [-0.05, 0) is 62.3 Å². The van der Waals surface area contributed by atoms with E-state index in [-0.39, 0.29) is 24.0 Å². The number of ether oxygens (including phenoxy) is 1. The Hall–Kier alpha value is -3.02. The number of hydrogen-bond acceptors (Lipinski definition) is 9. The largest absolute Gasteiger partial charge is 0.423 e. The molecule has 7 N–H and O–H groups in total. The van der Waals surface area contributed by atoms with Crippen molar-refractivity contribution < 1.29 is 28.6 Å². The van der Waals surface area contributed by atoms with Gasteiger partial charge in [-0.2, -0.15) is 4.98 Å². The van der Waals surface area contributed by atoms with E-state index in [2.05, 4.69) is 29.4 Å². The molecular formula is C35H58N5O7P. The number of nitrogen functional groups attached to an aromatic ring is 1. The fourth-order valence-corrected chi connectivity index (χ4v) is 6.01. The van der Waals surface area contributed by atoms with Gasteiger partial charge in [-0.1, -0.05) is 89.0 Å². The predicted molar refractivity (Wildman–Crippen MR) is 191 cm³/mol. The van der Waals surface area contributed by atoms with Crippen LogP contribution >= 0.6 is 7.60 Å². The third-order valence-corrected chi connectivity index (χ3v) is 8.90. The Bertz CT molecular complexity index is 1300. The highest BCUT2D eigenvalue weighted by Gasteiger charge is 2.24. The van der Waals surface area contributed by atoms with Crippen LogP contribution in [0.25, 0.3) is 0 Å². The molecule has 1 amide bonds. The number of aromatic nitrogens is 2. The van der Waals surface area contributed by atoms with Crippen molar-refractivity contribution in [1.82, 2.24) is 14.9 Å². The summed E-state index contributed by atoms with van der Waals surface area (Å²) in [5, 5.41) is 12.5. The quantitative estimate of drug-likeness (QED) is 0.0457. The van der Waals surface area contributed by atoms with Gasteiger partial charge >= 0.3 is 13.3 Å². The zero-order valence-electron chi connectivity index (χ0n) is 28.6. The lowest BCUT2D eigenvalue weighted by Gasteiger charge is -2.19. The van der Waals surface area contributed by atoms with Crippen molar-refractivity contribution in [3.63, 3.8) is 0 Å². The van der Waals surface area contributed by atoms with Gasteiger partial charge in [0.15, 0.2) is 6.35 Å². The normalized spacial score (nSPS) is 14.1. The number of carbonyl (C=O) groups is 1. The average Bonchev–Trinajstić information content (AvgIpc) is 3.06. The van der Waals surface area contributed by atoms with Gasteiger partial charge < -0.3 is 36.0 Å². The van der Waals surface area contributed by atoms with E-state index in [9.17, 15) is 24.2 Å². The number of anilines is 1. The highest BCUT2D eigenvalue weighted by atomic mass is 31.2. The number of nitrogens with two attached hydrogens (primary N) is 2. The lowest BCUT2D eigenvalue weighted by molar-refractivity contribution is -0.122. The van der Waals surface area contributed by atoms with E-state index in [0.29, 0.717) is 13.0 Å². The van der Waals surface area contributed by atoms with Crippen molar-refractivity contribution in [2.75, 3.05) is 25.2 Å². The monoisotopic (exact) mass is 691 g/mol. The summed E-state index contributed by atoms with van der Waals surface area (Å²) in [5.41, 5.74) is 11.7. The van der Waals surface area contributed by atoms with Crippen molar-refractivity contribution in [2.24, 2.45) is 5.73 Å². The number of rotatable bonds is 27. The first-order chi connectivity index (χ1) is 23.1. The Morgan fingerprint density at radius 1 is 0.979 bits per heavy atom. The number of unbranched alkanes of at least 4 members (excludes halogenated alkanes) is 12. The molecule has 0 spiro atoms. The van der Waals surface area contributed by atoms with E-state index >= 15 is 0 Å². The fraction of sp³-hybridized carbons (Fsp3) is 0.629. The molecule has 12 nitrogen and oxygen atoms in total. The number of aliphatic hydroxyl groups excluding tert-OH is 1. The summed E-state index contributed by atoms with van der Waals surface area (Å²) in [6.45, 7) is 2.25. The molecule has 0 aliphatic carbocycles. The fourth-order valence-electron chi connectivity index (χ4n) is 5.10. The molecule has 13 heteroatoms. The van der Waals surface area contributed by atoms with Gasteiger partial charge in [-0.15, -0.1) is 0 Å². The summed E-state index contributed by atoms with van der Waals surface area (Å²) in [7, 11) is -4.25. The van der Waals surface area contributed by atoms with E-state index in [1.807, 2.05) is 0 Å². The molecule has 48 heavy (non-hydrogen) atoms. The molecule has 1 heterocycles. The van der Waals surface area contributed by atoms with Crippen molar-refractivity contribution in [1.29, 1.82) is 0 Å². The van der Waals surface area contributed by atoms with Crippen LogP contribution in [-0.4, -0.2) is 57.1 Å². The van der Waals surface area contributed by atoms with Crippen LogP contribution in [0, 0.1) is 0 Å². The number of carbonyl (C=O) groups excluding carboxylic acids is 1. The molecule has 2 rings (SSSR count). The summed E-state index contributed by atoms with van der Waals surface area (Å²) >= 11 is 0. The highest BCUT2D eigenvalue weighted by Crippen LogP contribution is 2.42. The van der Waals surface area contributed by atoms with Crippen LogP contribution < -0.4 is 27.0 Å². The summed E-state index contributed by atoms with van der Waals surface area (Å²) in [6, 6.07) is 7.07. The zero-order valence-corrected chi connectivity index (χ0v) is 29.5. The number of benzene rings is 1. The molecule has 0 fully saturated rings. The van der Waals surface area contributed by atoms with Gasteiger partial charge in [0.25, 0.3) is 0 Å². The molecule has 3 atom stereocenters. The number of aliphatic hydroxyl groups is 1. The number of hydrogen-bond donors (Lipinski definition) is 5. The van der Waals surface area contributed by atoms with E-state index in [4.69, 9.17) is 20.7 Å². The van der Waals surface area contributed by atoms with Crippen LogP contribution in [-0.2, 0) is 27.1 Å². The summed E-state index contributed by atoms with van der Waals surface area (Å²) in [6.07, 6.45) is 22.0. The topological polar surface area (TPSA) is 192 Å². The Morgan fingerprint density at radius 2 is 1.58 bits per heavy atom. The smallest absolute Gasteiger partial charge is 0.402 e. The number of amides is 1. The second kappa shape index (κ2) is 24.2. The zero-order chi connectivity index (χ0) is 35.0. The molecule has 1 aromatic carbocycles. The van der Waals surface area contributed by atoms with Gasteiger partial charge in [0.05, 0.1) is 25.3 Å². The molecule has 0 saturated carbocycles. The molecule has 0 bridgehead atoms. The second-order valence-corrected chi connectivity index (χ2v) is 14.0. The van der Waals surface area contributed by atoms with Gasteiger partial charge in [-0.3, -0.25) is 9.36 Å². The number of nitrogens with zero attached hydrogens (tertiary/aromatic N) is 2. The minimum absolute atomic E-state index is 0.0570. The van der Waals surface area contributed by atoms with E-state index in [0.717, 1.165) is 24.8 Å². The maximum atomic E-state index is 12.6. The number of nitrogens with one attached hydrogen (secondary N) is 1. The van der Waals surface area contributed by atoms with Crippen LogP contribution in [0.2, 0.25) is 0 Å². The highest BCUT2D eigenvalue weighted by molar-refractivity contribution is 7.53. The average molecular weight is 692 g/mol. The molecule has 0 radical (unpaired) electrons. The predicted octanol–water partition coefficient (Wildman–Crippen LogP) is 5.45. The second-order valence-electron chi connectivity index (χ2n) is 12.3. The van der Waals surface area contributed by atoms with Gasteiger partial charge in [0, 0.05) is 12.7 Å². The molecule has 1 aromatic heterocycles. The summed E-state index contributed by atoms with van der Waals surface area (Å²) < 4.78 is 24.3. The third kappa shape index (κ3) is 18.5. The van der Waals surface area contributed by atoms with Gasteiger partial charge in [0.1, 0.15) is 11.6 Å². The molecule has 0 aliphatic rings. The molecule has 270 valence electrons. The minimum Gasteiger partial charge on any atom is -0.423 e.